The molecule has 0 saturated carbocycles. The quantitative estimate of drug-likeness (QED) is 0.912. The van der Waals surface area contributed by atoms with Crippen molar-refractivity contribution in [2.24, 2.45) is 0 Å². The Morgan fingerprint density at radius 2 is 2.31 bits per heavy atom. The molecule has 0 radical (unpaired) electrons. The molecule has 84 valence electrons. The molecule has 16 heavy (non-hydrogen) atoms. The van der Waals surface area contributed by atoms with Gasteiger partial charge in [-0.15, -0.1) is 11.3 Å². The van der Waals surface area contributed by atoms with Gasteiger partial charge >= 0.3 is 0 Å². The fraction of sp³-hybridized carbons (Fsp3) is 0.182. The van der Waals surface area contributed by atoms with Crippen LogP contribution in [0.5, 0.6) is 0 Å². The van der Waals surface area contributed by atoms with Crippen LogP contribution in [0, 0.1) is 0 Å². The fourth-order valence-electron chi connectivity index (χ4n) is 1.40. The van der Waals surface area contributed by atoms with Gasteiger partial charge in [0.25, 0.3) is 0 Å². The van der Waals surface area contributed by atoms with Gasteiger partial charge < -0.3 is 10.4 Å². The second-order valence-electron chi connectivity index (χ2n) is 3.26. The van der Waals surface area contributed by atoms with Crippen molar-refractivity contribution in [1.29, 1.82) is 0 Å². The van der Waals surface area contributed by atoms with Crippen molar-refractivity contribution in [3.05, 3.63) is 44.8 Å². The van der Waals surface area contributed by atoms with Crippen LogP contribution < -0.4 is 5.32 Å². The lowest BCUT2D eigenvalue weighted by Gasteiger charge is -2.10. The highest BCUT2D eigenvalue weighted by Crippen LogP contribution is 2.25. The Morgan fingerprint density at radius 1 is 1.44 bits per heavy atom. The lowest BCUT2D eigenvalue weighted by molar-refractivity contribution is 0.281. The number of aliphatic hydroxyl groups is 1. The van der Waals surface area contributed by atoms with Gasteiger partial charge in [-0.05, 0) is 12.1 Å². The van der Waals surface area contributed by atoms with Gasteiger partial charge in [-0.2, -0.15) is 0 Å². The molecule has 2 rings (SSSR count). The predicted octanol–water partition coefficient (Wildman–Crippen LogP) is 3.01. The highest BCUT2D eigenvalue weighted by molar-refractivity contribution is 9.10. The number of rotatable bonds is 4. The van der Waals surface area contributed by atoms with Crippen LogP contribution in [0.2, 0.25) is 0 Å². The Labute approximate surface area is 106 Å². The zero-order chi connectivity index (χ0) is 11.4. The molecule has 2 aromatic rings. The molecule has 0 saturated heterocycles. The second kappa shape index (κ2) is 5.43. The minimum Gasteiger partial charge on any atom is -0.392 e. The minimum atomic E-state index is 0.0147. The first-order valence-electron chi connectivity index (χ1n) is 4.80. The number of benzene rings is 1. The van der Waals surface area contributed by atoms with Crippen molar-refractivity contribution < 1.29 is 5.11 Å². The highest BCUT2D eigenvalue weighted by atomic mass is 79.9. The molecule has 0 fully saturated rings. The van der Waals surface area contributed by atoms with Crippen molar-refractivity contribution in [1.82, 2.24) is 4.98 Å². The van der Waals surface area contributed by atoms with Crippen molar-refractivity contribution in [2.75, 3.05) is 5.32 Å². The smallest absolute Gasteiger partial charge is 0.0795 e. The molecule has 0 aliphatic heterocycles. The van der Waals surface area contributed by atoms with Crippen LogP contribution in [0.4, 0.5) is 5.69 Å². The lowest BCUT2D eigenvalue weighted by atomic mass is 10.2. The van der Waals surface area contributed by atoms with Crippen molar-refractivity contribution in [3.8, 4) is 0 Å². The van der Waals surface area contributed by atoms with Gasteiger partial charge in [0.1, 0.15) is 0 Å². The van der Waals surface area contributed by atoms with Crippen LogP contribution in [0.3, 0.4) is 0 Å². The first-order valence-corrected chi connectivity index (χ1v) is 6.54. The highest BCUT2D eigenvalue weighted by Gasteiger charge is 2.05. The summed E-state index contributed by atoms with van der Waals surface area (Å²) < 4.78 is 0.915. The summed E-state index contributed by atoms with van der Waals surface area (Å²) >= 11 is 4.99. The van der Waals surface area contributed by atoms with E-state index in [4.69, 9.17) is 0 Å². The third-order valence-electron chi connectivity index (χ3n) is 2.22. The summed E-state index contributed by atoms with van der Waals surface area (Å²) in [5, 5.41) is 14.5. The molecule has 0 aliphatic carbocycles. The maximum atomic E-state index is 9.27. The number of anilines is 1. The average Bonchev–Trinajstić information content (AvgIpc) is 2.79. The van der Waals surface area contributed by atoms with Crippen LogP contribution in [0.1, 0.15) is 11.3 Å². The number of hydrogen-bond donors (Lipinski definition) is 2. The maximum Gasteiger partial charge on any atom is 0.0795 e. The van der Waals surface area contributed by atoms with Crippen LogP contribution in [-0.4, -0.2) is 10.1 Å². The number of halogens is 1. The van der Waals surface area contributed by atoms with Gasteiger partial charge in [0.2, 0.25) is 0 Å². The molecule has 3 nitrogen and oxygen atoms in total. The minimum absolute atomic E-state index is 0.0147. The second-order valence-corrected chi connectivity index (χ2v) is 4.83. The number of aliphatic hydroxyl groups excluding tert-OH is 1. The zero-order valence-corrected chi connectivity index (χ0v) is 10.9. The molecule has 5 heteroatoms. The monoisotopic (exact) mass is 298 g/mol. The summed E-state index contributed by atoms with van der Waals surface area (Å²) in [6, 6.07) is 5.80. The first-order chi connectivity index (χ1) is 7.81. The van der Waals surface area contributed by atoms with Crippen molar-refractivity contribution in [3.63, 3.8) is 0 Å². The Hall–Kier alpha value is -0.910. The molecule has 1 aromatic carbocycles. The summed E-state index contributed by atoms with van der Waals surface area (Å²) in [6.45, 7) is 0.688. The summed E-state index contributed by atoms with van der Waals surface area (Å²) in [4.78, 5) is 4.19. The van der Waals surface area contributed by atoms with E-state index in [0.29, 0.717) is 6.54 Å². The van der Waals surface area contributed by atoms with E-state index >= 15 is 0 Å². The van der Waals surface area contributed by atoms with Gasteiger partial charge in [0, 0.05) is 21.1 Å². The standard InChI is InChI=1S/C11H11BrN2OS/c12-10-2-1-3-11(9(10)5-15)13-4-8-6-16-7-14-8/h1-3,6-7,13,15H,4-5H2. The Balaban J connectivity index is 2.12. The number of thiazole rings is 1. The molecule has 0 aliphatic rings. The van der Waals surface area contributed by atoms with Crippen LogP contribution >= 0.6 is 27.3 Å². The van der Waals surface area contributed by atoms with E-state index in [2.05, 4.69) is 26.2 Å². The molecular weight excluding hydrogens is 288 g/mol. The summed E-state index contributed by atoms with van der Waals surface area (Å²) in [6.07, 6.45) is 0. The van der Waals surface area contributed by atoms with Crippen LogP contribution in [0.25, 0.3) is 0 Å². The number of aromatic nitrogens is 1. The molecule has 0 spiro atoms. The number of nitrogens with zero attached hydrogens (tertiary/aromatic N) is 1. The van der Waals surface area contributed by atoms with Crippen LogP contribution in [0.15, 0.2) is 33.6 Å². The zero-order valence-electron chi connectivity index (χ0n) is 8.48. The topological polar surface area (TPSA) is 45.1 Å². The summed E-state index contributed by atoms with van der Waals surface area (Å²) in [5.41, 5.74) is 4.63. The van der Waals surface area contributed by atoms with E-state index in [9.17, 15) is 5.11 Å². The molecule has 1 aromatic heterocycles. The van der Waals surface area contributed by atoms with Crippen molar-refractivity contribution >= 4 is 33.0 Å². The van der Waals surface area contributed by atoms with Gasteiger partial charge in [0.15, 0.2) is 0 Å². The Bertz CT molecular complexity index is 459. The largest absolute Gasteiger partial charge is 0.392 e. The lowest BCUT2D eigenvalue weighted by Crippen LogP contribution is -2.03. The average molecular weight is 299 g/mol. The molecule has 0 amide bonds. The van der Waals surface area contributed by atoms with Gasteiger partial charge in [-0.25, -0.2) is 4.98 Å². The first kappa shape index (κ1) is 11.6. The van der Waals surface area contributed by atoms with Crippen molar-refractivity contribution in [2.45, 2.75) is 13.2 Å². The van der Waals surface area contributed by atoms with E-state index in [1.807, 2.05) is 29.1 Å². The van der Waals surface area contributed by atoms with E-state index in [0.717, 1.165) is 21.4 Å². The van der Waals surface area contributed by atoms with Crippen LogP contribution in [-0.2, 0) is 13.2 Å². The third kappa shape index (κ3) is 2.61. The summed E-state index contributed by atoms with van der Waals surface area (Å²) in [5.74, 6) is 0. The SMILES string of the molecule is OCc1c(Br)cccc1NCc1cscn1. The molecule has 2 N–H and O–H groups in total. The van der Waals surface area contributed by atoms with E-state index < -0.39 is 0 Å². The Morgan fingerprint density at radius 3 is 3.00 bits per heavy atom. The van der Waals surface area contributed by atoms with E-state index in [1.54, 1.807) is 11.3 Å². The van der Waals surface area contributed by atoms with Gasteiger partial charge in [-0.3, -0.25) is 0 Å². The summed E-state index contributed by atoms with van der Waals surface area (Å²) in [7, 11) is 0. The maximum absolute atomic E-state index is 9.27. The molecule has 0 unspecified atom stereocenters. The molecule has 0 bridgehead atoms. The third-order valence-corrected chi connectivity index (χ3v) is 3.60. The van der Waals surface area contributed by atoms with E-state index in [-0.39, 0.29) is 6.61 Å². The van der Waals surface area contributed by atoms with Gasteiger partial charge in [0.05, 0.1) is 24.4 Å². The van der Waals surface area contributed by atoms with E-state index in [1.165, 1.54) is 0 Å². The van der Waals surface area contributed by atoms with Gasteiger partial charge in [-0.1, -0.05) is 22.0 Å². The normalized spacial score (nSPS) is 10.4. The predicted molar refractivity (Wildman–Crippen MR) is 69.5 cm³/mol. The Kier molecular flexibility index (Phi) is 3.93. The molecule has 0 atom stereocenters. The molecule has 1 heterocycles. The number of nitrogens with one attached hydrogen (secondary N) is 1. The molecular formula is C11H11BrN2OS. The number of hydrogen-bond acceptors (Lipinski definition) is 4. The fourth-order valence-corrected chi connectivity index (χ4v) is 2.45.